The SMILES string of the molecule is CN1C(=O)N2CC(n3ccnc3)=CC1C2. The molecule has 0 aliphatic carbocycles. The second-order valence-corrected chi connectivity index (χ2v) is 3.97. The lowest BCUT2D eigenvalue weighted by Crippen LogP contribution is -2.31. The summed E-state index contributed by atoms with van der Waals surface area (Å²) < 4.78 is 1.96. The van der Waals surface area contributed by atoms with Crippen LogP contribution in [0.25, 0.3) is 5.70 Å². The Kier molecular flexibility index (Phi) is 1.62. The van der Waals surface area contributed by atoms with E-state index in [0.29, 0.717) is 6.54 Å². The first-order chi connectivity index (χ1) is 7.25. The summed E-state index contributed by atoms with van der Waals surface area (Å²) >= 11 is 0. The summed E-state index contributed by atoms with van der Waals surface area (Å²) in [4.78, 5) is 19.3. The van der Waals surface area contributed by atoms with Gasteiger partial charge in [0.25, 0.3) is 0 Å². The highest BCUT2D eigenvalue weighted by Gasteiger charge is 2.37. The first kappa shape index (κ1) is 8.52. The molecule has 1 aromatic heterocycles. The minimum absolute atomic E-state index is 0.117. The number of amides is 2. The lowest BCUT2D eigenvalue weighted by molar-refractivity contribution is 0.202. The summed E-state index contributed by atoms with van der Waals surface area (Å²) in [6.07, 6.45) is 7.56. The molecule has 0 spiro atoms. The molecule has 1 atom stereocenters. The molecule has 0 saturated carbocycles. The molecule has 15 heavy (non-hydrogen) atoms. The standard InChI is InChI=1S/C10H12N4O/c1-12-8-4-9(13-3-2-11-7-13)6-14(5-8)10(12)15/h2-4,7-8H,5-6H2,1H3. The van der Waals surface area contributed by atoms with Gasteiger partial charge in [0.2, 0.25) is 0 Å². The highest BCUT2D eigenvalue weighted by atomic mass is 16.2. The molecule has 5 nitrogen and oxygen atoms in total. The number of nitrogens with zero attached hydrogens (tertiary/aromatic N) is 4. The van der Waals surface area contributed by atoms with Gasteiger partial charge in [-0.25, -0.2) is 9.78 Å². The van der Waals surface area contributed by atoms with Gasteiger partial charge < -0.3 is 14.4 Å². The first-order valence-electron chi connectivity index (χ1n) is 4.96. The van der Waals surface area contributed by atoms with Crippen molar-refractivity contribution in [3.05, 3.63) is 24.8 Å². The van der Waals surface area contributed by atoms with E-state index in [1.807, 2.05) is 22.7 Å². The molecule has 2 amide bonds. The van der Waals surface area contributed by atoms with Crippen LogP contribution in [-0.4, -0.2) is 51.6 Å². The van der Waals surface area contributed by atoms with Crippen LogP contribution in [0.15, 0.2) is 24.8 Å². The van der Waals surface area contributed by atoms with E-state index >= 15 is 0 Å². The number of fused-ring (bicyclic) bond motifs is 2. The molecule has 0 N–H and O–H groups in total. The van der Waals surface area contributed by atoms with Crippen molar-refractivity contribution < 1.29 is 4.79 Å². The Labute approximate surface area is 87.6 Å². The zero-order chi connectivity index (χ0) is 10.4. The Hall–Kier alpha value is -1.78. The highest BCUT2D eigenvalue weighted by Crippen LogP contribution is 2.24. The molecule has 2 aliphatic rings. The van der Waals surface area contributed by atoms with Crippen molar-refractivity contribution in [2.45, 2.75) is 6.04 Å². The van der Waals surface area contributed by atoms with Gasteiger partial charge in [-0.05, 0) is 6.08 Å². The fourth-order valence-corrected chi connectivity index (χ4v) is 2.16. The minimum Gasteiger partial charge on any atom is -0.319 e. The summed E-state index contributed by atoms with van der Waals surface area (Å²) in [7, 11) is 1.85. The minimum atomic E-state index is 0.117. The lowest BCUT2D eigenvalue weighted by atomic mass is 10.2. The highest BCUT2D eigenvalue weighted by molar-refractivity contribution is 5.80. The van der Waals surface area contributed by atoms with Gasteiger partial charge in [-0.15, -0.1) is 0 Å². The predicted octanol–water partition coefficient (Wildman–Crippen LogP) is 0.474. The third-order valence-corrected chi connectivity index (χ3v) is 3.05. The van der Waals surface area contributed by atoms with E-state index in [9.17, 15) is 4.79 Å². The first-order valence-corrected chi connectivity index (χ1v) is 4.96. The smallest absolute Gasteiger partial charge is 0.319 e. The Balaban J connectivity index is 1.96. The lowest BCUT2D eigenvalue weighted by Gasteiger charge is -2.21. The molecule has 3 heterocycles. The van der Waals surface area contributed by atoms with Gasteiger partial charge in [0.15, 0.2) is 0 Å². The van der Waals surface area contributed by atoms with Crippen LogP contribution in [0.4, 0.5) is 4.79 Å². The number of imidazole rings is 1. The number of carbonyl (C=O) groups is 1. The number of hydrogen-bond acceptors (Lipinski definition) is 2. The summed E-state index contributed by atoms with van der Waals surface area (Å²) in [6.45, 7) is 1.49. The topological polar surface area (TPSA) is 41.4 Å². The molecule has 2 bridgehead atoms. The number of carbonyl (C=O) groups excluding carboxylic acids is 1. The molecule has 0 radical (unpaired) electrons. The van der Waals surface area contributed by atoms with Crippen LogP contribution in [0, 0.1) is 0 Å². The van der Waals surface area contributed by atoms with Gasteiger partial charge in [-0.2, -0.15) is 0 Å². The van der Waals surface area contributed by atoms with E-state index in [1.165, 1.54) is 0 Å². The van der Waals surface area contributed by atoms with Crippen molar-refractivity contribution in [2.75, 3.05) is 20.1 Å². The molecule has 5 heteroatoms. The molecule has 1 saturated heterocycles. The second kappa shape index (κ2) is 2.85. The monoisotopic (exact) mass is 204 g/mol. The maximum absolute atomic E-state index is 11.7. The van der Waals surface area contributed by atoms with Crippen LogP contribution >= 0.6 is 0 Å². The van der Waals surface area contributed by atoms with Gasteiger partial charge in [0.05, 0.1) is 18.9 Å². The van der Waals surface area contributed by atoms with Gasteiger partial charge in [-0.1, -0.05) is 0 Å². The summed E-state index contributed by atoms with van der Waals surface area (Å²) in [5, 5.41) is 0. The molecule has 2 aliphatic heterocycles. The van der Waals surface area contributed by atoms with Crippen LogP contribution < -0.4 is 0 Å². The second-order valence-electron chi connectivity index (χ2n) is 3.97. The normalized spacial score (nSPS) is 24.7. The van der Waals surface area contributed by atoms with Crippen LogP contribution in [0.5, 0.6) is 0 Å². The van der Waals surface area contributed by atoms with Crippen molar-refractivity contribution in [3.8, 4) is 0 Å². The van der Waals surface area contributed by atoms with Crippen molar-refractivity contribution in [1.82, 2.24) is 19.4 Å². The molecule has 1 unspecified atom stereocenters. The zero-order valence-electron chi connectivity index (χ0n) is 8.50. The Morgan fingerprint density at radius 2 is 2.40 bits per heavy atom. The average molecular weight is 204 g/mol. The molecule has 1 aromatic rings. The van der Waals surface area contributed by atoms with E-state index < -0.39 is 0 Å². The van der Waals surface area contributed by atoms with Gasteiger partial charge in [0, 0.05) is 31.7 Å². The van der Waals surface area contributed by atoms with E-state index in [-0.39, 0.29) is 12.1 Å². The molecular formula is C10H12N4O. The maximum Gasteiger partial charge on any atom is 0.320 e. The number of hydrogen-bond donors (Lipinski definition) is 0. The summed E-state index contributed by atoms with van der Waals surface area (Å²) in [5.41, 5.74) is 1.13. The van der Waals surface area contributed by atoms with E-state index in [0.717, 1.165) is 12.2 Å². The zero-order valence-corrected chi connectivity index (χ0v) is 8.50. The van der Waals surface area contributed by atoms with Crippen LogP contribution in [0.1, 0.15) is 0 Å². The van der Waals surface area contributed by atoms with Crippen molar-refractivity contribution in [3.63, 3.8) is 0 Å². The predicted molar refractivity (Wildman–Crippen MR) is 55.0 cm³/mol. The number of urea groups is 1. The Morgan fingerprint density at radius 3 is 3.07 bits per heavy atom. The van der Waals surface area contributed by atoms with E-state index in [2.05, 4.69) is 11.1 Å². The Bertz CT molecular complexity index is 423. The summed E-state index contributed by atoms with van der Waals surface area (Å²) in [5.74, 6) is 0. The number of aromatic nitrogens is 2. The van der Waals surface area contributed by atoms with Crippen molar-refractivity contribution in [1.29, 1.82) is 0 Å². The molecule has 3 rings (SSSR count). The fraction of sp³-hybridized carbons (Fsp3) is 0.400. The molecule has 0 aromatic carbocycles. The van der Waals surface area contributed by atoms with Gasteiger partial charge in [0.1, 0.15) is 0 Å². The molecule has 1 fully saturated rings. The third-order valence-electron chi connectivity index (χ3n) is 3.05. The van der Waals surface area contributed by atoms with Gasteiger partial charge in [-0.3, -0.25) is 0 Å². The van der Waals surface area contributed by atoms with Crippen molar-refractivity contribution in [2.24, 2.45) is 0 Å². The summed E-state index contributed by atoms with van der Waals surface area (Å²) in [6, 6.07) is 0.329. The van der Waals surface area contributed by atoms with E-state index in [4.69, 9.17) is 0 Å². The maximum atomic E-state index is 11.7. The van der Waals surface area contributed by atoms with Crippen LogP contribution in [0.3, 0.4) is 0 Å². The molecule has 78 valence electrons. The average Bonchev–Trinajstić information content (AvgIpc) is 2.84. The van der Waals surface area contributed by atoms with Gasteiger partial charge >= 0.3 is 6.03 Å². The van der Waals surface area contributed by atoms with E-state index in [1.54, 1.807) is 17.4 Å². The van der Waals surface area contributed by atoms with Crippen LogP contribution in [-0.2, 0) is 0 Å². The Morgan fingerprint density at radius 1 is 1.53 bits per heavy atom. The molecular weight excluding hydrogens is 192 g/mol. The largest absolute Gasteiger partial charge is 0.320 e. The third kappa shape index (κ3) is 1.16. The number of rotatable bonds is 1. The fourth-order valence-electron chi connectivity index (χ4n) is 2.16. The number of likely N-dealkylation sites (N-methyl/N-ethyl adjacent to an activating group) is 1. The quantitative estimate of drug-likeness (QED) is 0.667. The van der Waals surface area contributed by atoms with Crippen LogP contribution in [0.2, 0.25) is 0 Å². The van der Waals surface area contributed by atoms with Crippen molar-refractivity contribution >= 4 is 11.7 Å².